The van der Waals surface area contributed by atoms with E-state index in [0.717, 1.165) is 15.7 Å². The van der Waals surface area contributed by atoms with Crippen LogP contribution in [0.4, 0.5) is 0 Å². The fourth-order valence-electron chi connectivity index (χ4n) is 2.04. The number of carbonyl (C=O) groups excluding carboxylic acids is 1. The third-order valence-corrected chi connectivity index (χ3v) is 3.50. The van der Waals surface area contributed by atoms with Crippen molar-refractivity contribution in [2.75, 3.05) is 0 Å². The molecule has 3 aromatic rings. The Balaban J connectivity index is 2.02. The highest BCUT2D eigenvalue weighted by molar-refractivity contribution is 9.10. The summed E-state index contributed by atoms with van der Waals surface area (Å²) in [6, 6.07) is 11.6. The summed E-state index contributed by atoms with van der Waals surface area (Å²) in [6.45, 7) is 0.611. The first kappa shape index (κ1) is 11.3. The normalized spacial score (nSPS) is 10.9. The lowest BCUT2D eigenvalue weighted by atomic mass is 10.2. The van der Waals surface area contributed by atoms with Crippen molar-refractivity contribution in [2.45, 2.75) is 6.54 Å². The summed E-state index contributed by atoms with van der Waals surface area (Å²) >= 11 is 3.54. The van der Waals surface area contributed by atoms with Crippen molar-refractivity contribution in [1.29, 1.82) is 0 Å². The molecule has 0 amide bonds. The number of carbonyl (C=O) groups is 1. The molecule has 0 aliphatic carbocycles. The summed E-state index contributed by atoms with van der Waals surface area (Å²) in [7, 11) is 0. The van der Waals surface area contributed by atoms with Gasteiger partial charge in [-0.1, -0.05) is 18.2 Å². The van der Waals surface area contributed by atoms with Gasteiger partial charge in [-0.2, -0.15) is 0 Å². The molecule has 3 rings (SSSR count). The van der Waals surface area contributed by atoms with Crippen LogP contribution in [0.2, 0.25) is 0 Å². The van der Waals surface area contributed by atoms with Crippen LogP contribution in [0.15, 0.2) is 51.5 Å². The molecule has 3 nitrogen and oxygen atoms in total. The predicted octanol–water partition coefficient (Wildman–Crippen LogP) is 3.86. The van der Waals surface area contributed by atoms with Crippen LogP contribution in [0.5, 0.6) is 0 Å². The minimum Gasteiger partial charge on any atom is -0.456 e. The Kier molecular flexibility index (Phi) is 2.80. The number of aromatic nitrogens is 1. The van der Waals surface area contributed by atoms with Gasteiger partial charge in [0.15, 0.2) is 12.0 Å². The van der Waals surface area contributed by atoms with Gasteiger partial charge in [0.25, 0.3) is 0 Å². The maximum atomic E-state index is 10.6. The van der Waals surface area contributed by atoms with Crippen LogP contribution in [0.3, 0.4) is 0 Å². The van der Waals surface area contributed by atoms with Gasteiger partial charge in [0, 0.05) is 21.6 Å². The van der Waals surface area contributed by atoms with Crippen molar-refractivity contribution in [1.82, 2.24) is 4.57 Å². The molecule has 4 heteroatoms. The van der Waals surface area contributed by atoms with E-state index in [4.69, 9.17) is 4.42 Å². The predicted molar refractivity (Wildman–Crippen MR) is 72.8 cm³/mol. The first-order valence-corrected chi connectivity index (χ1v) is 6.34. The van der Waals surface area contributed by atoms with E-state index < -0.39 is 0 Å². The Morgan fingerprint density at radius 3 is 2.83 bits per heavy atom. The Morgan fingerprint density at radius 2 is 2.06 bits per heavy atom. The Morgan fingerprint density at radius 1 is 1.22 bits per heavy atom. The number of para-hydroxylation sites is 1. The summed E-state index contributed by atoms with van der Waals surface area (Å²) in [5.74, 6) is 1.13. The number of benzene rings is 1. The van der Waals surface area contributed by atoms with Crippen molar-refractivity contribution in [2.24, 2.45) is 0 Å². The molecule has 0 saturated heterocycles. The zero-order chi connectivity index (χ0) is 12.5. The lowest BCUT2D eigenvalue weighted by Crippen LogP contribution is -1.95. The fourth-order valence-corrected chi connectivity index (χ4v) is 2.63. The van der Waals surface area contributed by atoms with Gasteiger partial charge in [-0.3, -0.25) is 4.79 Å². The number of rotatable bonds is 3. The SMILES string of the molecule is O=Cc1ccc(Cn2cc(Br)c3ccccc32)o1. The first-order valence-electron chi connectivity index (χ1n) is 5.55. The third kappa shape index (κ3) is 1.88. The van der Waals surface area contributed by atoms with Gasteiger partial charge in [-0.15, -0.1) is 0 Å². The fraction of sp³-hybridized carbons (Fsp3) is 0.0714. The van der Waals surface area contributed by atoms with Crippen molar-refractivity contribution in [3.8, 4) is 0 Å². The number of aldehydes is 1. The summed E-state index contributed by atoms with van der Waals surface area (Å²) in [5.41, 5.74) is 1.13. The first-order chi connectivity index (χ1) is 8.78. The van der Waals surface area contributed by atoms with E-state index in [1.165, 1.54) is 5.39 Å². The number of fused-ring (bicyclic) bond motifs is 1. The zero-order valence-electron chi connectivity index (χ0n) is 9.47. The van der Waals surface area contributed by atoms with Gasteiger partial charge in [0.05, 0.1) is 6.54 Å². The Bertz CT molecular complexity index is 711. The molecule has 90 valence electrons. The molecule has 0 unspecified atom stereocenters. The second-order valence-electron chi connectivity index (χ2n) is 4.04. The monoisotopic (exact) mass is 303 g/mol. The molecule has 0 saturated carbocycles. The van der Waals surface area contributed by atoms with Gasteiger partial charge < -0.3 is 8.98 Å². The lowest BCUT2D eigenvalue weighted by Gasteiger charge is -2.02. The van der Waals surface area contributed by atoms with Crippen LogP contribution >= 0.6 is 15.9 Å². The Labute approximate surface area is 112 Å². The lowest BCUT2D eigenvalue weighted by molar-refractivity contribution is 0.109. The van der Waals surface area contributed by atoms with Crippen LogP contribution in [-0.2, 0) is 6.54 Å². The largest absolute Gasteiger partial charge is 0.456 e. The van der Waals surface area contributed by atoms with Crippen molar-refractivity contribution >= 4 is 33.1 Å². The topological polar surface area (TPSA) is 35.1 Å². The molecule has 2 heterocycles. The van der Waals surface area contributed by atoms with E-state index >= 15 is 0 Å². The van der Waals surface area contributed by atoms with Crippen LogP contribution in [0.25, 0.3) is 10.9 Å². The maximum absolute atomic E-state index is 10.6. The average Bonchev–Trinajstić information content (AvgIpc) is 2.97. The number of halogens is 1. The second kappa shape index (κ2) is 4.46. The number of furan rings is 1. The number of hydrogen-bond acceptors (Lipinski definition) is 2. The van der Waals surface area contributed by atoms with Crippen LogP contribution in [-0.4, -0.2) is 10.9 Å². The minimum atomic E-state index is 0.362. The third-order valence-electron chi connectivity index (χ3n) is 2.86. The zero-order valence-corrected chi connectivity index (χ0v) is 11.1. The van der Waals surface area contributed by atoms with Crippen LogP contribution in [0, 0.1) is 0 Å². The molecule has 0 radical (unpaired) electrons. The highest BCUT2D eigenvalue weighted by atomic mass is 79.9. The summed E-state index contributed by atoms with van der Waals surface area (Å²) in [5, 5.41) is 1.17. The average molecular weight is 304 g/mol. The maximum Gasteiger partial charge on any atom is 0.185 e. The van der Waals surface area contributed by atoms with E-state index in [1.54, 1.807) is 6.07 Å². The molecule has 0 spiro atoms. The van der Waals surface area contributed by atoms with E-state index in [1.807, 2.05) is 24.4 Å². The smallest absolute Gasteiger partial charge is 0.185 e. The molecule has 18 heavy (non-hydrogen) atoms. The van der Waals surface area contributed by atoms with Gasteiger partial charge in [0.2, 0.25) is 0 Å². The molecule has 0 atom stereocenters. The summed E-state index contributed by atoms with van der Waals surface area (Å²) < 4.78 is 8.54. The van der Waals surface area contributed by atoms with Crippen molar-refractivity contribution in [3.63, 3.8) is 0 Å². The molecule has 2 aromatic heterocycles. The standard InChI is InChI=1S/C14H10BrNO2/c15-13-8-16(14-4-2-1-3-12(13)14)7-10-5-6-11(9-17)18-10/h1-6,8-9H,7H2. The van der Waals surface area contributed by atoms with Gasteiger partial charge in [-0.25, -0.2) is 0 Å². The Hall–Kier alpha value is -1.81. The molecule has 0 bridgehead atoms. The number of hydrogen-bond donors (Lipinski definition) is 0. The van der Waals surface area contributed by atoms with Crippen LogP contribution in [0.1, 0.15) is 16.3 Å². The van der Waals surface area contributed by atoms with E-state index in [0.29, 0.717) is 18.6 Å². The summed E-state index contributed by atoms with van der Waals surface area (Å²) in [6.07, 6.45) is 2.74. The van der Waals surface area contributed by atoms with Crippen molar-refractivity contribution < 1.29 is 9.21 Å². The molecule has 0 fully saturated rings. The molecule has 0 aliphatic heterocycles. The van der Waals surface area contributed by atoms with E-state index in [9.17, 15) is 4.79 Å². The second-order valence-corrected chi connectivity index (χ2v) is 4.90. The molecular weight excluding hydrogens is 294 g/mol. The summed E-state index contributed by atoms with van der Waals surface area (Å²) in [4.78, 5) is 10.6. The van der Waals surface area contributed by atoms with Crippen molar-refractivity contribution in [3.05, 3.63) is 58.6 Å². The van der Waals surface area contributed by atoms with E-state index in [-0.39, 0.29) is 0 Å². The van der Waals surface area contributed by atoms with Gasteiger partial charge >= 0.3 is 0 Å². The molecule has 1 aromatic carbocycles. The van der Waals surface area contributed by atoms with Crippen LogP contribution < -0.4 is 0 Å². The van der Waals surface area contributed by atoms with Gasteiger partial charge in [-0.05, 0) is 34.1 Å². The molecular formula is C14H10BrNO2. The van der Waals surface area contributed by atoms with Gasteiger partial charge in [0.1, 0.15) is 5.76 Å². The quantitative estimate of drug-likeness (QED) is 0.689. The highest BCUT2D eigenvalue weighted by Crippen LogP contribution is 2.26. The molecule has 0 aliphatic rings. The van der Waals surface area contributed by atoms with E-state index in [2.05, 4.69) is 32.6 Å². The highest BCUT2D eigenvalue weighted by Gasteiger charge is 2.08. The molecule has 0 N–H and O–H groups in total. The minimum absolute atomic E-state index is 0.362. The number of nitrogens with zero attached hydrogens (tertiary/aromatic N) is 1.